The summed E-state index contributed by atoms with van der Waals surface area (Å²) >= 11 is 0. The number of hydrogen-bond donors (Lipinski definition) is 0. The summed E-state index contributed by atoms with van der Waals surface area (Å²) in [5, 5.41) is 0. The first-order valence-electron chi connectivity index (χ1n) is 5.07. The van der Waals surface area contributed by atoms with E-state index >= 15 is 0 Å². The highest BCUT2D eigenvalue weighted by Gasteiger charge is 2.22. The molecule has 1 aromatic heterocycles. The third-order valence-electron chi connectivity index (χ3n) is 1.80. The second-order valence-corrected chi connectivity index (χ2v) is 4.57. The van der Waals surface area contributed by atoms with E-state index in [1.54, 1.807) is 12.3 Å². The highest BCUT2D eigenvalue weighted by molar-refractivity contribution is 5.90. The first kappa shape index (κ1) is 12.5. The largest absolute Gasteiger partial charge is 0.494 e. The van der Waals surface area contributed by atoms with Gasteiger partial charge in [-0.25, -0.2) is 9.78 Å². The van der Waals surface area contributed by atoms with Crippen LogP contribution >= 0.6 is 0 Å². The van der Waals surface area contributed by atoms with Gasteiger partial charge in [0.05, 0.1) is 7.11 Å². The molecule has 4 nitrogen and oxygen atoms in total. The lowest BCUT2D eigenvalue weighted by atomic mass is 10.2. The molecule has 0 atom stereocenters. The van der Waals surface area contributed by atoms with Crippen molar-refractivity contribution in [2.24, 2.45) is 0 Å². The minimum absolute atomic E-state index is 0.211. The monoisotopic (exact) mass is 223 g/mol. The van der Waals surface area contributed by atoms with Crippen LogP contribution < -0.4 is 4.74 Å². The standard InChI is InChI=1S/C12H17NO3/c1-8-6-9(15-5)10(13-7-8)11(14)16-12(2,3)4/h6-7H,1-5H3. The van der Waals surface area contributed by atoms with Gasteiger partial charge in [0.25, 0.3) is 0 Å². The Morgan fingerprint density at radius 1 is 1.38 bits per heavy atom. The molecule has 1 rings (SSSR count). The fourth-order valence-electron chi connectivity index (χ4n) is 1.18. The van der Waals surface area contributed by atoms with Crippen molar-refractivity contribution in [3.8, 4) is 5.75 Å². The lowest BCUT2D eigenvalue weighted by Gasteiger charge is -2.19. The number of ether oxygens (including phenoxy) is 2. The first-order chi connectivity index (χ1) is 7.33. The average molecular weight is 223 g/mol. The quantitative estimate of drug-likeness (QED) is 0.722. The molecule has 0 aliphatic carbocycles. The fourth-order valence-corrected chi connectivity index (χ4v) is 1.18. The van der Waals surface area contributed by atoms with Crippen LogP contribution in [0.5, 0.6) is 5.75 Å². The Morgan fingerprint density at radius 2 is 2.00 bits per heavy atom. The number of esters is 1. The van der Waals surface area contributed by atoms with Crippen LogP contribution in [-0.4, -0.2) is 23.7 Å². The molecule has 0 radical (unpaired) electrons. The zero-order chi connectivity index (χ0) is 12.3. The lowest BCUT2D eigenvalue weighted by Crippen LogP contribution is -2.24. The van der Waals surface area contributed by atoms with Crippen molar-refractivity contribution < 1.29 is 14.3 Å². The summed E-state index contributed by atoms with van der Waals surface area (Å²) in [6, 6.07) is 1.76. The number of rotatable bonds is 2. The molecule has 1 aromatic rings. The van der Waals surface area contributed by atoms with Crippen molar-refractivity contribution >= 4 is 5.97 Å². The lowest BCUT2D eigenvalue weighted by molar-refractivity contribution is 0.00596. The van der Waals surface area contributed by atoms with Gasteiger partial charge in [0.2, 0.25) is 0 Å². The van der Waals surface area contributed by atoms with Gasteiger partial charge in [0, 0.05) is 6.20 Å². The zero-order valence-corrected chi connectivity index (χ0v) is 10.3. The summed E-state index contributed by atoms with van der Waals surface area (Å²) in [4.78, 5) is 15.8. The molecule has 0 N–H and O–H groups in total. The molecule has 1 heterocycles. The molecule has 16 heavy (non-hydrogen) atoms. The summed E-state index contributed by atoms with van der Waals surface area (Å²) in [6.45, 7) is 7.32. The number of aromatic nitrogens is 1. The molecule has 4 heteroatoms. The topological polar surface area (TPSA) is 48.4 Å². The van der Waals surface area contributed by atoms with E-state index in [-0.39, 0.29) is 5.69 Å². The minimum atomic E-state index is -0.533. The summed E-state index contributed by atoms with van der Waals surface area (Å²) in [7, 11) is 1.50. The van der Waals surface area contributed by atoms with E-state index in [0.717, 1.165) is 5.56 Å². The molecule has 0 spiro atoms. The van der Waals surface area contributed by atoms with E-state index in [4.69, 9.17) is 9.47 Å². The third-order valence-corrected chi connectivity index (χ3v) is 1.80. The van der Waals surface area contributed by atoms with E-state index in [1.165, 1.54) is 7.11 Å². The van der Waals surface area contributed by atoms with E-state index in [0.29, 0.717) is 5.75 Å². The van der Waals surface area contributed by atoms with Crippen LogP contribution in [0.15, 0.2) is 12.3 Å². The van der Waals surface area contributed by atoms with Crippen molar-refractivity contribution in [2.45, 2.75) is 33.3 Å². The molecule has 0 saturated heterocycles. The maximum absolute atomic E-state index is 11.8. The van der Waals surface area contributed by atoms with Gasteiger partial charge in [0.1, 0.15) is 5.60 Å². The van der Waals surface area contributed by atoms with Gasteiger partial charge in [-0.15, -0.1) is 0 Å². The second-order valence-electron chi connectivity index (χ2n) is 4.57. The number of pyridine rings is 1. The normalized spacial score (nSPS) is 11.1. The van der Waals surface area contributed by atoms with Gasteiger partial charge in [-0.3, -0.25) is 0 Å². The Bertz CT molecular complexity index is 394. The van der Waals surface area contributed by atoms with Crippen LogP contribution in [-0.2, 0) is 4.74 Å². The molecule has 0 bridgehead atoms. The number of carbonyl (C=O) groups is 1. The predicted molar refractivity (Wildman–Crippen MR) is 60.7 cm³/mol. The number of nitrogens with zero attached hydrogens (tertiary/aromatic N) is 1. The number of carbonyl (C=O) groups excluding carboxylic acids is 1. The molecular weight excluding hydrogens is 206 g/mol. The molecule has 0 saturated carbocycles. The van der Waals surface area contributed by atoms with E-state index < -0.39 is 11.6 Å². The fraction of sp³-hybridized carbons (Fsp3) is 0.500. The molecule has 0 aliphatic heterocycles. The highest BCUT2D eigenvalue weighted by Crippen LogP contribution is 2.20. The van der Waals surface area contributed by atoms with Crippen molar-refractivity contribution in [2.75, 3.05) is 7.11 Å². The average Bonchev–Trinajstić information content (AvgIpc) is 2.14. The molecule has 0 aliphatic rings. The Labute approximate surface area is 95.6 Å². The van der Waals surface area contributed by atoms with Crippen molar-refractivity contribution in [3.63, 3.8) is 0 Å². The maximum atomic E-state index is 11.8. The van der Waals surface area contributed by atoms with Gasteiger partial charge >= 0.3 is 5.97 Å². The van der Waals surface area contributed by atoms with E-state index in [9.17, 15) is 4.79 Å². The Morgan fingerprint density at radius 3 is 2.50 bits per heavy atom. The molecule has 0 fully saturated rings. The second kappa shape index (κ2) is 4.51. The SMILES string of the molecule is COc1cc(C)cnc1C(=O)OC(C)(C)C. The summed E-state index contributed by atoms with van der Waals surface area (Å²) in [5.41, 5.74) is 0.612. The molecule has 88 valence electrons. The van der Waals surface area contributed by atoms with Gasteiger partial charge in [-0.05, 0) is 39.3 Å². The Hall–Kier alpha value is -1.58. The van der Waals surface area contributed by atoms with E-state index in [1.807, 2.05) is 27.7 Å². The van der Waals surface area contributed by atoms with Crippen LogP contribution in [0.25, 0.3) is 0 Å². The zero-order valence-electron chi connectivity index (χ0n) is 10.3. The number of aryl methyl sites for hydroxylation is 1. The third kappa shape index (κ3) is 3.22. The first-order valence-corrected chi connectivity index (χ1v) is 5.07. The van der Waals surface area contributed by atoms with Crippen LogP contribution in [0, 0.1) is 6.92 Å². The van der Waals surface area contributed by atoms with Gasteiger partial charge < -0.3 is 9.47 Å². The van der Waals surface area contributed by atoms with Crippen molar-refractivity contribution in [1.82, 2.24) is 4.98 Å². The number of hydrogen-bond acceptors (Lipinski definition) is 4. The Balaban J connectivity index is 2.99. The highest BCUT2D eigenvalue weighted by atomic mass is 16.6. The van der Waals surface area contributed by atoms with Crippen molar-refractivity contribution in [1.29, 1.82) is 0 Å². The van der Waals surface area contributed by atoms with Gasteiger partial charge in [-0.2, -0.15) is 0 Å². The van der Waals surface area contributed by atoms with Crippen LogP contribution in [0.4, 0.5) is 0 Å². The van der Waals surface area contributed by atoms with Crippen LogP contribution in [0.2, 0.25) is 0 Å². The van der Waals surface area contributed by atoms with Crippen LogP contribution in [0.3, 0.4) is 0 Å². The van der Waals surface area contributed by atoms with Crippen molar-refractivity contribution in [3.05, 3.63) is 23.5 Å². The van der Waals surface area contributed by atoms with E-state index in [2.05, 4.69) is 4.98 Å². The number of methoxy groups -OCH3 is 1. The van der Waals surface area contributed by atoms with Crippen LogP contribution in [0.1, 0.15) is 36.8 Å². The molecule has 0 aromatic carbocycles. The Kier molecular flexibility index (Phi) is 3.52. The summed E-state index contributed by atoms with van der Waals surface area (Å²) in [5.74, 6) is -0.0291. The summed E-state index contributed by atoms with van der Waals surface area (Å²) in [6.07, 6.45) is 1.61. The minimum Gasteiger partial charge on any atom is -0.494 e. The molecule has 0 unspecified atom stereocenters. The maximum Gasteiger partial charge on any atom is 0.361 e. The smallest absolute Gasteiger partial charge is 0.361 e. The predicted octanol–water partition coefficient (Wildman–Crippen LogP) is 2.35. The van der Waals surface area contributed by atoms with Gasteiger partial charge in [-0.1, -0.05) is 0 Å². The summed E-state index contributed by atoms with van der Waals surface area (Å²) < 4.78 is 10.3. The van der Waals surface area contributed by atoms with Gasteiger partial charge in [0.15, 0.2) is 11.4 Å². The molecular formula is C12H17NO3. The molecule has 0 amide bonds.